The number of aromatic nitrogens is 1. The van der Waals surface area contributed by atoms with Crippen LogP contribution in [0, 0.1) is 0 Å². The van der Waals surface area contributed by atoms with Crippen molar-refractivity contribution in [3.63, 3.8) is 0 Å². The standard InChI is InChI=1S/C8H8Cl3NO2S/c1-2-5(15(13)14)6-4(9)3-12-8(11)7(6)10/h3,5H,2H2,1H3,(H,13,14). The second-order valence-electron chi connectivity index (χ2n) is 2.80. The van der Waals surface area contributed by atoms with Gasteiger partial charge in [0.05, 0.1) is 15.3 Å². The van der Waals surface area contributed by atoms with Gasteiger partial charge >= 0.3 is 0 Å². The van der Waals surface area contributed by atoms with Crippen molar-refractivity contribution in [3.8, 4) is 0 Å². The number of halogens is 3. The van der Waals surface area contributed by atoms with E-state index in [9.17, 15) is 4.21 Å². The molecule has 1 rings (SSSR count). The van der Waals surface area contributed by atoms with E-state index in [1.54, 1.807) is 6.92 Å². The molecule has 0 saturated heterocycles. The second kappa shape index (κ2) is 5.46. The third-order valence-electron chi connectivity index (χ3n) is 1.90. The molecule has 1 aromatic rings. The summed E-state index contributed by atoms with van der Waals surface area (Å²) >= 11 is 15.4. The third-order valence-corrected chi connectivity index (χ3v) is 4.03. The Morgan fingerprint density at radius 3 is 2.60 bits per heavy atom. The summed E-state index contributed by atoms with van der Waals surface area (Å²) in [4.78, 5) is 3.74. The van der Waals surface area contributed by atoms with Crippen LogP contribution >= 0.6 is 34.8 Å². The Balaban J connectivity index is 3.34. The highest BCUT2D eigenvalue weighted by Gasteiger charge is 2.23. The minimum atomic E-state index is -2.04. The van der Waals surface area contributed by atoms with Gasteiger partial charge in [0.1, 0.15) is 5.15 Å². The number of hydrogen-bond donors (Lipinski definition) is 1. The van der Waals surface area contributed by atoms with Crippen molar-refractivity contribution in [2.45, 2.75) is 18.6 Å². The number of pyridine rings is 1. The van der Waals surface area contributed by atoms with E-state index in [1.807, 2.05) is 0 Å². The van der Waals surface area contributed by atoms with Crippen LogP contribution in [0.25, 0.3) is 0 Å². The number of hydrogen-bond acceptors (Lipinski definition) is 2. The summed E-state index contributed by atoms with van der Waals surface area (Å²) in [6, 6.07) is 0. The van der Waals surface area contributed by atoms with E-state index in [-0.39, 0.29) is 15.2 Å². The molecule has 0 aliphatic carbocycles. The van der Waals surface area contributed by atoms with Crippen LogP contribution in [0.15, 0.2) is 6.20 Å². The summed E-state index contributed by atoms with van der Waals surface area (Å²) in [6.07, 6.45) is 1.75. The lowest BCUT2D eigenvalue weighted by atomic mass is 10.1. The molecular weight excluding hydrogens is 281 g/mol. The molecule has 0 saturated carbocycles. The van der Waals surface area contributed by atoms with Crippen molar-refractivity contribution in [2.24, 2.45) is 0 Å². The average Bonchev–Trinajstić information content (AvgIpc) is 2.18. The number of rotatable bonds is 3. The van der Waals surface area contributed by atoms with Gasteiger partial charge in [0.2, 0.25) is 0 Å². The molecule has 1 heterocycles. The van der Waals surface area contributed by atoms with Crippen LogP contribution in [0.4, 0.5) is 0 Å². The Labute approximate surface area is 105 Å². The van der Waals surface area contributed by atoms with Gasteiger partial charge in [0.15, 0.2) is 11.1 Å². The Hall–Kier alpha value is 0.130. The molecule has 0 radical (unpaired) electrons. The highest BCUT2D eigenvalue weighted by molar-refractivity contribution is 7.79. The zero-order chi connectivity index (χ0) is 11.6. The fourth-order valence-electron chi connectivity index (χ4n) is 1.20. The molecule has 2 atom stereocenters. The van der Waals surface area contributed by atoms with Crippen LogP contribution < -0.4 is 0 Å². The monoisotopic (exact) mass is 287 g/mol. The molecule has 0 aliphatic heterocycles. The van der Waals surface area contributed by atoms with Crippen LogP contribution in [0.5, 0.6) is 0 Å². The van der Waals surface area contributed by atoms with Gasteiger partial charge < -0.3 is 4.55 Å². The quantitative estimate of drug-likeness (QED) is 0.681. The maximum absolute atomic E-state index is 11.1. The molecular formula is C8H8Cl3NO2S. The van der Waals surface area contributed by atoms with Gasteiger partial charge in [0, 0.05) is 11.8 Å². The molecule has 0 aliphatic rings. The van der Waals surface area contributed by atoms with Crippen LogP contribution in [-0.4, -0.2) is 13.7 Å². The first-order chi connectivity index (χ1) is 6.99. The smallest absolute Gasteiger partial charge is 0.160 e. The summed E-state index contributed by atoms with van der Waals surface area (Å²) in [6.45, 7) is 1.76. The molecule has 0 amide bonds. The molecule has 0 aromatic carbocycles. The molecule has 15 heavy (non-hydrogen) atoms. The van der Waals surface area contributed by atoms with Crippen molar-refractivity contribution >= 4 is 45.9 Å². The summed E-state index contributed by atoms with van der Waals surface area (Å²) in [5, 5.41) is -0.178. The summed E-state index contributed by atoms with van der Waals surface area (Å²) in [5.74, 6) is 0. The first-order valence-electron chi connectivity index (χ1n) is 4.08. The molecule has 1 aromatic heterocycles. The van der Waals surface area contributed by atoms with Crippen molar-refractivity contribution in [3.05, 3.63) is 27.0 Å². The highest BCUT2D eigenvalue weighted by Crippen LogP contribution is 2.37. The average molecular weight is 289 g/mol. The minimum absolute atomic E-state index is 0.0833. The normalized spacial score (nSPS) is 15.0. The van der Waals surface area contributed by atoms with Gasteiger partial charge in [-0.15, -0.1) is 0 Å². The zero-order valence-electron chi connectivity index (χ0n) is 7.71. The van der Waals surface area contributed by atoms with Crippen LogP contribution in [-0.2, 0) is 11.1 Å². The summed E-state index contributed by atoms with van der Waals surface area (Å²) in [7, 11) is 0. The van der Waals surface area contributed by atoms with Gasteiger partial charge in [-0.25, -0.2) is 9.19 Å². The molecule has 0 fully saturated rings. The summed E-state index contributed by atoms with van der Waals surface area (Å²) in [5.41, 5.74) is 0.377. The van der Waals surface area contributed by atoms with Crippen molar-refractivity contribution < 1.29 is 8.76 Å². The second-order valence-corrected chi connectivity index (χ2v) is 5.06. The number of nitrogens with zero attached hydrogens (tertiary/aromatic N) is 1. The lowest BCUT2D eigenvalue weighted by Gasteiger charge is -2.14. The van der Waals surface area contributed by atoms with E-state index in [2.05, 4.69) is 4.98 Å². The van der Waals surface area contributed by atoms with E-state index >= 15 is 0 Å². The SMILES string of the molecule is CCC(c1c(Cl)cnc(Cl)c1Cl)S(=O)O. The fraction of sp³-hybridized carbons (Fsp3) is 0.375. The molecule has 0 spiro atoms. The largest absolute Gasteiger partial charge is 0.306 e. The van der Waals surface area contributed by atoms with E-state index in [0.29, 0.717) is 12.0 Å². The Morgan fingerprint density at radius 1 is 1.53 bits per heavy atom. The van der Waals surface area contributed by atoms with Gasteiger partial charge in [0.25, 0.3) is 0 Å². The predicted molar refractivity (Wildman–Crippen MR) is 63.1 cm³/mol. The molecule has 2 unspecified atom stereocenters. The van der Waals surface area contributed by atoms with E-state index in [1.165, 1.54) is 6.20 Å². The molecule has 0 bridgehead atoms. The van der Waals surface area contributed by atoms with E-state index in [4.69, 9.17) is 39.4 Å². The van der Waals surface area contributed by atoms with E-state index < -0.39 is 16.3 Å². The van der Waals surface area contributed by atoms with Crippen LogP contribution in [0.1, 0.15) is 24.2 Å². The Morgan fingerprint density at radius 2 is 2.13 bits per heavy atom. The third kappa shape index (κ3) is 2.82. The Kier molecular flexibility index (Phi) is 4.80. The molecule has 7 heteroatoms. The Bertz CT molecular complexity index is 400. The lowest BCUT2D eigenvalue weighted by molar-refractivity contribution is 0.547. The topological polar surface area (TPSA) is 50.2 Å². The molecule has 1 N–H and O–H groups in total. The van der Waals surface area contributed by atoms with Crippen LogP contribution in [0.2, 0.25) is 15.2 Å². The van der Waals surface area contributed by atoms with Gasteiger partial charge in [-0.05, 0) is 6.42 Å². The van der Waals surface area contributed by atoms with Gasteiger partial charge in [-0.1, -0.05) is 41.7 Å². The maximum atomic E-state index is 11.1. The first kappa shape index (κ1) is 13.2. The highest BCUT2D eigenvalue weighted by atomic mass is 35.5. The van der Waals surface area contributed by atoms with Crippen LogP contribution in [0.3, 0.4) is 0 Å². The maximum Gasteiger partial charge on any atom is 0.160 e. The van der Waals surface area contributed by atoms with Crippen molar-refractivity contribution in [1.29, 1.82) is 0 Å². The molecule has 84 valence electrons. The fourth-order valence-corrected chi connectivity index (χ4v) is 2.82. The predicted octanol–water partition coefficient (Wildman–Crippen LogP) is 3.71. The minimum Gasteiger partial charge on any atom is -0.306 e. The molecule has 3 nitrogen and oxygen atoms in total. The van der Waals surface area contributed by atoms with Crippen molar-refractivity contribution in [2.75, 3.05) is 0 Å². The summed E-state index contributed by atoms with van der Waals surface area (Å²) < 4.78 is 20.2. The zero-order valence-corrected chi connectivity index (χ0v) is 10.8. The van der Waals surface area contributed by atoms with Gasteiger partial charge in [-0.2, -0.15) is 0 Å². The van der Waals surface area contributed by atoms with Crippen molar-refractivity contribution in [1.82, 2.24) is 4.98 Å². The van der Waals surface area contributed by atoms with E-state index in [0.717, 1.165) is 0 Å². The lowest BCUT2D eigenvalue weighted by Crippen LogP contribution is -2.06. The van der Waals surface area contributed by atoms with Gasteiger partial charge in [-0.3, -0.25) is 0 Å². The first-order valence-corrected chi connectivity index (χ1v) is 6.38.